The summed E-state index contributed by atoms with van der Waals surface area (Å²) in [6, 6.07) is 17.2. The summed E-state index contributed by atoms with van der Waals surface area (Å²) in [6.07, 6.45) is 4.51. The molecule has 0 heterocycles. The lowest BCUT2D eigenvalue weighted by Crippen LogP contribution is -2.32. The number of hydrogen-bond donors (Lipinski definition) is 2. The molecule has 0 bridgehead atoms. The number of fused-ring (bicyclic) bond motifs is 1. The third-order valence-electron chi connectivity index (χ3n) is 4.44. The molecule has 3 rings (SSSR count). The van der Waals surface area contributed by atoms with Crippen molar-refractivity contribution in [2.45, 2.75) is 44.7 Å². The molecule has 0 aromatic heterocycles. The molecule has 2 atom stereocenters. The van der Waals surface area contributed by atoms with Crippen LogP contribution in [-0.4, -0.2) is 11.1 Å². The van der Waals surface area contributed by atoms with Gasteiger partial charge < -0.3 is 10.4 Å². The lowest BCUT2D eigenvalue weighted by Gasteiger charge is -2.23. The molecule has 110 valence electrons. The summed E-state index contributed by atoms with van der Waals surface area (Å²) in [5.74, 6) is 0.380. The minimum Gasteiger partial charge on any atom is -0.508 e. The van der Waals surface area contributed by atoms with Gasteiger partial charge in [-0.2, -0.15) is 0 Å². The normalized spacial score (nSPS) is 19.6. The number of hydrogen-bond acceptors (Lipinski definition) is 2. The predicted molar refractivity (Wildman–Crippen MR) is 86.5 cm³/mol. The van der Waals surface area contributed by atoms with E-state index in [2.05, 4.69) is 48.6 Å². The lowest BCUT2D eigenvalue weighted by atomic mass is 10.00. The Morgan fingerprint density at radius 3 is 2.71 bits per heavy atom. The molecule has 0 unspecified atom stereocenters. The Morgan fingerprint density at radius 1 is 1.10 bits per heavy atom. The standard InChI is InChI=1S/C19H23NO/c1-14(15-6-3-2-4-7-15)20-18-9-5-8-16-10-11-19(21)13-17(16)12-18/h2-4,6-7,10-11,13-14,18,20-21H,5,8-9,12H2,1H3/t14-,18-/m1/s1. The van der Waals surface area contributed by atoms with E-state index in [-0.39, 0.29) is 0 Å². The van der Waals surface area contributed by atoms with E-state index >= 15 is 0 Å². The SMILES string of the molecule is C[C@@H](N[C@@H]1CCCc2ccc(O)cc2C1)c1ccccc1. The average Bonchev–Trinajstić information content (AvgIpc) is 2.69. The van der Waals surface area contributed by atoms with Crippen LogP contribution in [0.5, 0.6) is 5.75 Å². The maximum absolute atomic E-state index is 9.71. The zero-order valence-corrected chi connectivity index (χ0v) is 12.5. The minimum atomic E-state index is 0.357. The summed E-state index contributed by atoms with van der Waals surface area (Å²) >= 11 is 0. The van der Waals surface area contributed by atoms with E-state index in [0.29, 0.717) is 17.8 Å². The molecule has 1 aliphatic carbocycles. The van der Waals surface area contributed by atoms with Crippen molar-refractivity contribution in [1.82, 2.24) is 5.32 Å². The Hall–Kier alpha value is -1.80. The molecule has 2 aromatic carbocycles. The molecular formula is C19H23NO. The maximum atomic E-state index is 9.71. The van der Waals surface area contributed by atoms with Crippen LogP contribution in [0.3, 0.4) is 0 Å². The molecule has 0 amide bonds. The first kappa shape index (κ1) is 14.2. The van der Waals surface area contributed by atoms with Gasteiger partial charge in [0.15, 0.2) is 0 Å². The van der Waals surface area contributed by atoms with Gasteiger partial charge in [0.2, 0.25) is 0 Å². The van der Waals surface area contributed by atoms with Crippen molar-refractivity contribution in [3.05, 3.63) is 65.2 Å². The zero-order chi connectivity index (χ0) is 14.7. The van der Waals surface area contributed by atoms with Crippen molar-refractivity contribution in [1.29, 1.82) is 0 Å². The molecule has 2 nitrogen and oxygen atoms in total. The highest BCUT2D eigenvalue weighted by Gasteiger charge is 2.19. The van der Waals surface area contributed by atoms with E-state index in [9.17, 15) is 5.11 Å². The molecule has 0 saturated heterocycles. The van der Waals surface area contributed by atoms with Crippen molar-refractivity contribution in [2.24, 2.45) is 0 Å². The highest BCUT2D eigenvalue weighted by atomic mass is 16.3. The van der Waals surface area contributed by atoms with E-state index in [1.165, 1.54) is 29.5 Å². The Kier molecular flexibility index (Phi) is 4.26. The molecule has 0 spiro atoms. The Balaban J connectivity index is 1.72. The molecule has 2 aromatic rings. The summed E-state index contributed by atoms with van der Waals surface area (Å²) in [5, 5.41) is 13.5. The Bertz CT molecular complexity index is 594. The fourth-order valence-corrected chi connectivity index (χ4v) is 3.29. The van der Waals surface area contributed by atoms with Crippen LogP contribution in [0.15, 0.2) is 48.5 Å². The Morgan fingerprint density at radius 2 is 1.90 bits per heavy atom. The second-order valence-corrected chi connectivity index (χ2v) is 6.05. The third kappa shape index (κ3) is 3.45. The van der Waals surface area contributed by atoms with Gasteiger partial charge in [0, 0.05) is 12.1 Å². The molecule has 2 N–H and O–H groups in total. The second kappa shape index (κ2) is 6.31. The van der Waals surface area contributed by atoms with Crippen molar-refractivity contribution in [2.75, 3.05) is 0 Å². The molecule has 0 radical (unpaired) electrons. The van der Waals surface area contributed by atoms with Crippen molar-refractivity contribution < 1.29 is 5.11 Å². The minimum absolute atomic E-state index is 0.357. The molecule has 0 aliphatic heterocycles. The first-order valence-corrected chi connectivity index (χ1v) is 7.84. The summed E-state index contributed by atoms with van der Waals surface area (Å²) in [5.41, 5.74) is 4.02. The molecule has 0 saturated carbocycles. The van der Waals surface area contributed by atoms with Crippen LogP contribution in [0.1, 0.15) is 42.5 Å². The Labute approximate surface area is 126 Å². The average molecular weight is 281 g/mol. The number of benzene rings is 2. The highest BCUT2D eigenvalue weighted by Crippen LogP contribution is 2.25. The van der Waals surface area contributed by atoms with Gasteiger partial charge in [-0.25, -0.2) is 0 Å². The molecular weight excluding hydrogens is 258 g/mol. The van der Waals surface area contributed by atoms with Crippen molar-refractivity contribution in [3.63, 3.8) is 0 Å². The van der Waals surface area contributed by atoms with Gasteiger partial charge in [-0.1, -0.05) is 36.4 Å². The van der Waals surface area contributed by atoms with E-state index in [1.807, 2.05) is 6.07 Å². The van der Waals surface area contributed by atoms with Gasteiger partial charge in [0.05, 0.1) is 0 Å². The fraction of sp³-hybridized carbons (Fsp3) is 0.368. The van der Waals surface area contributed by atoms with Crippen molar-refractivity contribution in [3.8, 4) is 5.75 Å². The number of nitrogens with one attached hydrogen (secondary N) is 1. The molecule has 2 heteroatoms. The smallest absolute Gasteiger partial charge is 0.115 e. The molecule has 1 aliphatic rings. The number of aryl methyl sites for hydroxylation is 1. The van der Waals surface area contributed by atoms with Gasteiger partial charge in [-0.3, -0.25) is 0 Å². The quantitative estimate of drug-likeness (QED) is 0.834. The molecule has 0 fully saturated rings. The van der Waals surface area contributed by atoms with Crippen LogP contribution < -0.4 is 5.32 Å². The maximum Gasteiger partial charge on any atom is 0.115 e. The third-order valence-corrected chi connectivity index (χ3v) is 4.44. The second-order valence-electron chi connectivity index (χ2n) is 6.05. The van der Waals surface area contributed by atoms with E-state index in [1.54, 1.807) is 6.07 Å². The van der Waals surface area contributed by atoms with Crippen molar-refractivity contribution >= 4 is 0 Å². The fourth-order valence-electron chi connectivity index (χ4n) is 3.29. The zero-order valence-electron chi connectivity index (χ0n) is 12.5. The van der Waals surface area contributed by atoms with Gasteiger partial charge in [0.1, 0.15) is 5.75 Å². The first-order valence-electron chi connectivity index (χ1n) is 7.84. The first-order chi connectivity index (χ1) is 10.2. The van der Waals surface area contributed by atoms with E-state index in [4.69, 9.17) is 0 Å². The lowest BCUT2D eigenvalue weighted by molar-refractivity contribution is 0.426. The topological polar surface area (TPSA) is 32.3 Å². The van der Waals surface area contributed by atoms with Crippen LogP contribution in [0.2, 0.25) is 0 Å². The van der Waals surface area contributed by atoms with E-state index in [0.717, 1.165) is 12.8 Å². The summed E-state index contributed by atoms with van der Waals surface area (Å²) in [6.45, 7) is 2.23. The van der Waals surface area contributed by atoms with Crippen LogP contribution in [-0.2, 0) is 12.8 Å². The van der Waals surface area contributed by atoms with Crippen LogP contribution in [0.25, 0.3) is 0 Å². The van der Waals surface area contributed by atoms with Gasteiger partial charge in [-0.15, -0.1) is 0 Å². The molecule has 21 heavy (non-hydrogen) atoms. The monoisotopic (exact) mass is 281 g/mol. The number of rotatable bonds is 3. The largest absolute Gasteiger partial charge is 0.508 e. The number of phenolic OH excluding ortho intramolecular Hbond substituents is 1. The van der Waals surface area contributed by atoms with Crippen LogP contribution in [0.4, 0.5) is 0 Å². The number of aromatic hydroxyl groups is 1. The van der Waals surface area contributed by atoms with Gasteiger partial charge in [0.25, 0.3) is 0 Å². The van der Waals surface area contributed by atoms with Crippen LogP contribution in [0, 0.1) is 0 Å². The van der Waals surface area contributed by atoms with Gasteiger partial charge >= 0.3 is 0 Å². The summed E-state index contributed by atoms with van der Waals surface area (Å²) < 4.78 is 0. The summed E-state index contributed by atoms with van der Waals surface area (Å²) in [4.78, 5) is 0. The summed E-state index contributed by atoms with van der Waals surface area (Å²) in [7, 11) is 0. The van der Waals surface area contributed by atoms with Crippen LogP contribution >= 0.6 is 0 Å². The number of phenols is 1. The van der Waals surface area contributed by atoms with Gasteiger partial charge in [-0.05, 0) is 61.4 Å². The highest BCUT2D eigenvalue weighted by molar-refractivity contribution is 5.36. The van der Waals surface area contributed by atoms with E-state index < -0.39 is 0 Å². The predicted octanol–water partition coefficient (Wildman–Crippen LogP) is 3.99.